The lowest BCUT2D eigenvalue weighted by molar-refractivity contribution is -0.117. The van der Waals surface area contributed by atoms with Gasteiger partial charge in [0.15, 0.2) is 0 Å². The van der Waals surface area contributed by atoms with E-state index in [0.717, 1.165) is 10.6 Å². The van der Waals surface area contributed by atoms with Crippen LogP contribution >= 0.6 is 11.8 Å². The first kappa shape index (κ1) is 12.6. The number of carbonyl (C=O) groups excluding carboxylic acids is 2. The van der Waals surface area contributed by atoms with Crippen LogP contribution in [0.4, 0.5) is 5.69 Å². The Morgan fingerprint density at radius 3 is 2.31 bits per heavy atom. The van der Waals surface area contributed by atoms with Gasteiger partial charge in [-0.3, -0.25) is 9.59 Å². The summed E-state index contributed by atoms with van der Waals surface area (Å²) in [6.07, 6.45) is 0. The summed E-state index contributed by atoms with van der Waals surface area (Å²) in [5.41, 5.74) is 5.90. The van der Waals surface area contributed by atoms with Crippen molar-refractivity contribution >= 4 is 29.3 Å². The van der Waals surface area contributed by atoms with E-state index in [4.69, 9.17) is 5.73 Å². The van der Waals surface area contributed by atoms with Gasteiger partial charge in [-0.2, -0.15) is 0 Å². The molecule has 0 saturated heterocycles. The van der Waals surface area contributed by atoms with Gasteiger partial charge in [0.2, 0.25) is 11.8 Å². The highest BCUT2D eigenvalue weighted by atomic mass is 32.2. The summed E-state index contributed by atoms with van der Waals surface area (Å²) < 4.78 is 0. The van der Waals surface area contributed by atoms with Crippen LogP contribution in [0.2, 0.25) is 0 Å². The van der Waals surface area contributed by atoms with Gasteiger partial charge in [-0.05, 0) is 31.2 Å². The number of nitrogens with one attached hydrogen (secondary N) is 1. The molecule has 2 amide bonds. The molecule has 0 fully saturated rings. The molecule has 1 aromatic rings. The van der Waals surface area contributed by atoms with E-state index >= 15 is 0 Å². The highest BCUT2D eigenvalue weighted by Crippen LogP contribution is 2.24. The van der Waals surface area contributed by atoms with Crippen molar-refractivity contribution in [3.05, 3.63) is 24.3 Å². The topological polar surface area (TPSA) is 72.2 Å². The molecule has 0 aliphatic carbocycles. The van der Waals surface area contributed by atoms with Crippen LogP contribution in [0, 0.1) is 0 Å². The maximum Gasteiger partial charge on any atom is 0.230 e. The average Bonchev–Trinajstić information content (AvgIpc) is 2.20. The maximum absolute atomic E-state index is 10.9. The predicted molar refractivity (Wildman–Crippen MR) is 65.3 cm³/mol. The molecule has 4 nitrogen and oxygen atoms in total. The van der Waals surface area contributed by atoms with Gasteiger partial charge < -0.3 is 11.1 Å². The monoisotopic (exact) mass is 238 g/mol. The second kappa shape index (κ2) is 5.55. The number of hydrogen-bond acceptors (Lipinski definition) is 3. The highest BCUT2D eigenvalue weighted by molar-refractivity contribution is 8.00. The third-order valence-corrected chi connectivity index (χ3v) is 3.02. The van der Waals surface area contributed by atoms with Crippen molar-refractivity contribution in [3.8, 4) is 0 Å². The lowest BCUT2D eigenvalue weighted by Gasteiger charge is -2.07. The molecule has 1 unspecified atom stereocenters. The van der Waals surface area contributed by atoms with Gasteiger partial charge in [0.25, 0.3) is 0 Å². The molecule has 0 aliphatic rings. The fourth-order valence-electron chi connectivity index (χ4n) is 1.08. The number of thioether (sulfide) groups is 1. The molecule has 0 spiro atoms. The van der Waals surface area contributed by atoms with Crippen LogP contribution in [0.1, 0.15) is 13.8 Å². The van der Waals surface area contributed by atoms with Crippen LogP contribution in [-0.4, -0.2) is 17.1 Å². The zero-order chi connectivity index (χ0) is 12.1. The molecule has 0 saturated carbocycles. The van der Waals surface area contributed by atoms with Crippen LogP contribution in [-0.2, 0) is 9.59 Å². The highest BCUT2D eigenvalue weighted by Gasteiger charge is 2.09. The standard InChI is InChI=1S/C11H14N2O2S/c1-7(11(12)15)16-10-5-3-9(4-6-10)13-8(2)14/h3-7H,1-2H3,(H2,12,15)(H,13,14). The first-order chi connectivity index (χ1) is 7.49. The number of benzene rings is 1. The van der Waals surface area contributed by atoms with Crippen molar-refractivity contribution in [1.82, 2.24) is 0 Å². The third kappa shape index (κ3) is 3.94. The number of nitrogens with two attached hydrogens (primary N) is 1. The third-order valence-electron chi connectivity index (χ3n) is 1.89. The quantitative estimate of drug-likeness (QED) is 0.783. The van der Waals surface area contributed by atoms with Crippen LogP contribution in [0.25, 0.3) is 0 Å². The van der Waals surface area contributed by atoms with Crippen molar-refractivity contribution < 1.29 is 9.59 Å². The van der Waals surface area contributed by atoms with E-state index in [-0.39, 0.29) is 17.1 Å². The van der Waals surface area contributed by atoms with Crippen molar-refractivity contribution in [2.75, 3.05) is 5.32 Å². The molecule has 0 bridgehead atoms. The van der Waals surface area contributed by atoms with Crippen LogP contribution in [0.3, 0.4) is 0 Å². The Balaban J connectivity index is 2.64. The minimum absolute atomic E-state index is 0.106. The zero-order valence-electron chi connectivity index (χ0n) is 9.19. The molecule has 86 valence electrons. The lowest BCUT2D eigenvalue weighted by atomic mass is 10.3. The molecule has 1 rings (SSSR count). The number of amides is 2. The Hall–Kier alpha value is -1.49. The molecule has 0 heterocycles. The molecule has 1 atom stereocenters. The fourth-order valence-corrected chi connectivity index (χ4v) is 1.90. The normalized spacial score (nSPS) is 11.9. The SMILES string of the molecule is CC(=O)Nc1ccc(SC(C)C(N)=O)cc1. The minimum Gasteiger partial charge on any atom is -0.369 e. The summed E-state index contributed by atoms with van der Waals surface area (Å²) in [5.74, 6) is -0.443. The second-order valence-corrected chi connectivity index (χ2v) is 4.78. The van der Waals surface area contributed by atoms with Gasteiger partial charge in [0.1, 0.15) is 0 Å². The summed E-state index contributed by atoms with van der Waals surface area (Å²) in [7, 11) is 0. The van der Waals surface area contributed by atoms with E-state index in [2.05, 4.69) is 5.32 Å². The molecule has 5 heteroatoms. The molecule has 3 N–H and O–H groups in total. The number of hydrogen-bond donors (Lipinski definition) is 2. The summed E-state index contributed by atoms with van der Waals surface area (Å²) in [6.45, 7) is 3.21. The van der Waals surface area contributed by atoms with Gasteiger partial charge in [0.05, 0.1) is 5.25 Å². The van der Waals surface area contributed by atoms with E-state index < -0.39 is 0 Å². The van der Waals surface area contributed by atoms with Crippen molar-refractivity contribution in [1.29, 1.82) is 0 Å². The molecular weight excluding hydrogens is 224 g/mol. The molecule has 1 aromatic carbocycles. The van der Waals surface area contributed by atoms with E-state index in [9.17, 15) is 9.59 Å². The Labute approximate surface area is 98.6 Å². The Morgan fingerprint density at radius 2 is 1.88 bits per heavy atom. The molecule has 0 aromatic heterocycles. The first-order valence-corrected chi connectivity index (χ1v) is 5.70. The smallest absolute Gasteiger partial charge is 0.230 e. The van der Waals surface area contributed by atoms with E-state index in [0.29, 0.717) is 0 Å². The van der Waals surface area contributed by atoms with Crippen molar-refractivity contribution in [2.45, 2.75) is 24.0 Å². The second-order valence-electron chi connectivity index (χ2n) is 3.37. The van der Waals surface area contributed by atoms with Crippen LogP contribution in [0.5, 0.6) is 0 Å². The maximum atomic E-state index is 10.9. The number of primary amides is 1. The molecule has 0 aliphatic heterocycles. The number of carbonyl (C=O) groups is 2. The Morgan fingerprint density at radius 1 is 1.31 bits per heavy atom. The minimum atomic E-state index is -0.337. The van der Waals surface area contributed by atoms with Crippen molar-refractivity contribution in [3.63, 3.8) is 0 Å². The first-order valence-electron chi connectivity index (χ1n) is 4.82. The lowest BCUT2D eigenvalue weighted by Crippen LogP contribution is -2.22. The van der Waals surface area contributed by atoms with Gasteiger partial charge in [-0.15, -0.1) is 11.8 Å². The van der Waals surface area contributed by atoms with E-state index in [1.807, 2.05) is 12.1 Å². The van der Waals surface area contributed by atoms with Crippen LogP contribution in [0.15, 0.2) is 29.2 Å². The predicted octanol–water partition coefficient (Wildman–Crippen LogP) is 1.61. The zero-order valence-corrected chi connectivity index (χ0v) is 10.0. The van der Waals surface area contributed by atoms with Gasteiger partial charge in [0, 0.05) is 17.5 Å². The molecule has 0 radical (unpaired) electrons. The summed E-state index contributed by atoms with van der Waals surface area (Å²) in [5, 5.41) is 2.41. The fraction of sp³-hybridized carbons (Fsp3) is 0.273. The molecular formula is C11H14N2O2S. The van der Waals surface area contributed by atoms with E-state index in [1.165, 1.54) is 18.7 Å². The van der Waals surface area contributed by atoms with Crippen LogP contribution < -0.4 is 11.1 Å². The summed E-state index contributed by atoms with van der Waals surface area (Å²) in [4.78, 5) is 22.6. The summed E-state index contributed by atoms with van der Waals surface area (Å²) >= 11 is 1.39. The van der Waals surface area contributed by atoms with Gasteiger partial charge >= 0.3 is 0 Å². The molecule has 16 heavy (non-hydrogen) atoms. The number of anilines is 1. The van der Waals surface area contributed by atoms with Crippen molar-refractivity contribution in [2.24, 2.45) is 5.73 Å². The average molecular weight is 238 g/mol. The Kier molecular flexibility index (Phi) is 4.37. The van der Waals surface area contributed by atoms with E-state index in [1.54, 1.807) is 19.1 Å². The largest absolute Gasteiger partial charge is 0.369 e. The number of rotatable bonds is 4. The summed E-state index contributed by atoms with van der Waals surface area (Å²) in [6, 6.07) is 7.26. The Bertz CT molecular complexity index is 389. The van der Waals surface area contributed by atoms with Gasteiger partial charge in [-0.25, -0.2) is 0 Å². The van der Waals surface area contributed by atoms with Gasteiger partial charge in [-0.1, -0.05) is 0 Å².